The highest BCUT2D eigenvalue weighted by atomic mass is 16.5. The van der Waals surface area contributed by atoms with E-state index in [0.717, 1.165) is 28.2 Å². The van der Waals surface area contributed by atoms with Crippen LogP contribution in [0.3, 0.4) is 0 Å². The predicted molar refractivity (Wildman–Crippen MR) is 70.7 cm³/mol. The van der Waals surface area contributed by atoms with Crippen molar-refractivity contribution in [1.29, 1.82) is 0 Å². The van der Waals surface area contributed by atoms with Gasteiger partial charge in [0.05, 0.1) is 14.2 Å². The molecule has 4 heteroatoms. The molecule has 0 aliphatic rings. The fourth-order valence-electron chi connectivity index (χ4n) is 1.88. The molecule has 0 radical (unpaired) electrons. The molecule has 94 valence electrons. The van der Waals surface area contributed by atoms with Gasteiger partial charge in [0.15, 0.2) is 0 Å². The number of hydrogen-bond acceptors (Lipinski definition) is 4. The molecule has 18 heavy (non-hydrogen) atoms. The van der Waals surface area contributed by atoms with E-state index in [4.69, 9.17) is 15.2 Å². The van der Waals surface area contributed by atoms with Gasteiger partial charge >= 0.3 is 0 Å². The molecule has 0 atom stereocenters. The molecular formula is C14H16N2O2. The van der Waals surface area contributed by atoms with E-state index in [9.17, 15) is 0 Å². The van der Waals surface area contributed by atoms with E-state index in [1.165, 1.54) is 0 Å². The number of rotatable bonds is 4. The summed E-state index contributed by atoms with van der Waals surface area (Å²) in [5.41, 5.74) is 8.69. The number of methoxy groups -OCH3 is 2. The van der Waals surface area contributed by atoms with Gasteiger partial charge in [-0.25, -0.2) is 0 Å². The standard InChI is InChI=1S/C14H16N2O2/c1-17-11-3-4-14(18-2)13(7-11)12-5-6-16-9-10(12)8-15/h3-7,9H,8,15H2,1-2H3. The molecule has 2 rings (SSSR count). The molecule has 1 aromatic carbocycles. The normalized spacial score (nSPS) is 10.2. The van der Waals surface area contributed by atoms with Gasteiger partial charge in [0.2, 0.25) is 0 Å². The fraction of sp³-hybridized carbons (Fsp3) is 0.214. The largest absolute Gasteiger partial charge is 0.497 e. The Balaban J connectivity index is 2.60. The lowest BCUT2D eigenvalue weighted by Gasteiger charge is -2.13. The second-order valence-corrected chi connectivity index (χ2v) is 3.80. The van der Waals surface area contributed by atoms with Crippen molar-refractivity contribution in [2.45, 2.75) is 6.54 Å². The third-order valence-corrected chi connectivity index (χ3v) is 2.82. The van der Waals surface area contributed by atoms with E-state index in [1.54, 1.807) is 26.6 Å². The molecule has 0 aliphatic carbocycles. The Hall–Kier alpha value is -2.07. The average molecular weight is 244 g/mol. The number of aromatic nitrogens is 1. The smallest absolute Gasteiger partial charge is 0.126 e. The zero-order chi connectivity index (χ0) is 13.0. The maximum absolute atomic E-state index is 5.74. The van der Waals surface area contributed by atoms with E-state index in [0.29, 0.717) is 6.54 Å². The van der Waals surface area contributed by atoms with Crippen LogP contribution >= 0.6 is 0 Å². The van der Waals surface area contributed by atoms with Gasteiger partial charge in [-0.05, 0) is 35.4 Å². The molecule has 0 amide bonds. The first-order valence-electron chi connectivity index (χ1n) is 5.65. The summed E-state index contributed by atoms with van der Waals surface area (Å²) in [5, 5.41) is 0. The molecule has 0 saturated heterocycles. The second kappa shape index (κ2) is 5.51. The molecule has 1 aromatic heterocycles. The van der Waals surface area contributed by atoms with E-state index in [2.05, 4.69) is 4.98 Å². The van der Waals surface area contributed by atoms with Gasteiger partial charge in [-0.3, -0.25) is 4.98 Å². The highest BCUT2D eigenvalue weighted by Gasteiger charge is 2.10. The minimum absolute atomic E-state index is 0.434. The highest BCUT2D eigenvalue weighted by molar-refractivity contribution is 5.74. The maximum atomic E-state index is 5.74. The van der Waals surface area contributed by atoms with Gasteiger partial charge in [-0.2, -0.15) is 0 Å². The number of hydrogen-bond donors (Lipinski definition) is 1. The minimum atomic E-state index is 0.434. The molecule has 1 heterocycles. The zero-order valence-electron chi connectivity index (χ0n) is 10.5. The quantitative estimate of drug-likeness (QED) is 0.896. The van der Waals surface area contributed by atoms with Gasteiger partial charge in [0.25, 0.3) is 0 Å². The number of nitrogens with two attached hydrogens (primary N) is 1. The lowest BCUT2D eigenvalue weighted by molar-refractivity contribution is 0.404. The van der Waals surface area contributed by atoms with Crippen LogP contribution in [-0.4, -0.2) is 19.2 Å². The lowest BCUT2D eigenvalue weighted by Crippen LogP contribution is -2.00. The minimum Gasteiger partial charge on any atom is -0.497 e. The van der Waals surface area contributed by atoms with Crippen molar-refractivity contribution in [1.82, 2.24) is 4.98 Å². The van der Waals surface area contributed by atoms with E-state index in [1.807, 2.05) is 24.3 Å². The van der Waals surface area contributed by atoms with Gasteiger partial charge in [0.1, 0.15) is 11.5 Å². The number of benzene rings is 1. The molecule has 0 aliphatic heterocycles. The van der Waals surface area contributed by atoms with Gasteiger partial charge in [-0.15, -0.1) is 0 Å². The Labute approximate surface area is 106 Å². The Morgan fingerprint density at radius 1 is 1.11 bits per heavy atom. The van der Waals surface area contributed by atoms with Crippen LogP contribution in [0.25, 0.3) is 11.1 Å². The summed E-state index contributed by atoms with van der Waals surface area (Å²) >= 11 is 0. The lowest BCUT2D eigenvalue weighted by atomic mass is 10.0. The summed E-state index contributed by atoms with van der Waals surface area (Å²) < 4.78 is 10.6. The van der Waals surface area contributed by atoms with Crippen LogP contribution < -0.4 is 15.2 Å². The summed E-state index contributed by atoms with van der Waals surface area (Å²) in [7, 11) is 3.29. The Kier molecular flexibility index (Phi) is 3.79. The Bertz CT molecular complexity index is 541. The summed E-state index contributed by atoms with van der Waals surface area (Å²) in [6.45, 7) is 0.434. The third kappa shape index (κ3) is 2.28. The maximum Gasteiger partial charge on any atom is 0.126 e. The van der Waals surface area contributed by atoms with Crippen LogP contribution in [0.15, 0.2) is 36.7 Å². The average Bonchev–Trinajstić information content (AvgIpc) is 2.46. The van der Waals surface area contributed by atoms with E-state index in [-0.39, 0.29) is 0 Å². The third-order valence-electron chi connectivity index (χ3n) is 2.82. The summed E-state index contributed by atoms with van der Waals surface area (Å²) in [6, 6.07) is 7.62. The zero-order valence-corrected chi connectivity index (χ0v) is 10.5. The van der Waals surface area contributed by atoms with Gasteiger partial charge in [0, 0.05) is 24.5 Å². The Morgan fingerprint density at radius 3 is 2.61 bits per heavy atom. The fourth-order valence-corrected chi connectivity index (χ4v) is 1.88. The topological polar surface area (TPSA) is 57.4 Å². The molecule has 0 spiro atoms. The van der Waals surface area contributed by atoms with Crippen molar-refractivity contribution in [3.8, 4) is 22.6 Å². The predicted octanol–water partition coefficient (Wildman–Crippen LogP) is 2.22. The van der Waals surface area contributed by atoms with Crippen LogP contribution in [-0.2, 0) is 6.54 Å². The van der Waals surface area contributed by atoms with Gasteiger partial charge < -0.3 is 15.2 Å². The van der Waals surface area contributed by atoms with E-state index < -0.39 is 0 Å². The molecule has 2 aromatic rings. The first-order valence-corrected chi connectivity index (χ1v) is 5.65. The number of pyridine rings is 1. The SMILES string of the molecule is COc1ccc(OC)c(-c2ccncc2CN)c1. The highest BCUT2D eigenvalue weighted by Crippen LogP contribution is 2.34. The van der Waals surface area contributed by atoms with Crippen molar-refractivity contribution < 1.29 is 9.47 Å². The molecular weight excluding hydrogens is 228 g/mol. The molecule has 4 nitrogen and oxygen atoms in total. The summed E-state index contributed by atoms with van der Waals surface area (Å²) in [5.74, 6) is 1.57. The molecule has 0 unspecified atom stereocenters. The summed E-state index contributed by atoms with van der Waals surface area (Å²) in [4.78, 5) is 4.09. The van der Waals surface area contributed by atoms with Crippen LogP contribution in [0.5, 0.6) is 11.5 Å². The van der Waals surface area contributed by atoms with Crippen molar-refractivity contribution >= 4 is 0 Å². The summed E-state index contributed by atoms with van der Waals surface area (Å²) in [6.07, 6.45) is 3.52. The second-order valence-electron chi connectivity index (χ2n) is 3.80. The number of ether oxygens (including phenoxy) is 2. The van der Waals surface area contributed by atoms with Crippen LogP contribution in [0.4, 0.5) is 0 Å². The first kappa shape index (κ1) is 12.4. The van der Waals surface area contributed by atoms with Crippen LogP contribution in [0, 0.1) is 0 Å². The molecule has 0 saturated carbocycles. The molecule has 0 bridgehead atoms. The van der Waals surface area contributed by atoms with Crippen LogP contribution in [0.2, 0.25) is 0 Å². The van der Waals surface area contributed by atoms with Gasteiger partial charge in [-0.1, -0.05) is 0 Å². The van der Waals surface area contributed by atoms with Crippen molar-refractivity contribution in [2.75, 3.05) is 14.2 Å². The first-order chi connectivity index (χ1) is 8.80. The van der Waals surface area contributed by atoms with Crippen LogP contribution in [0.1, 0.15) is 5.56 Å². The molecule has 2 N–H and O–H groups in total. The number of nitrogens with zero attached hydrogens (tertiary/aromatic N) is 1. The monoisotopic (exact) mass is 244 g/mol. The van der Waals surface area contributed by atoms with Crippen molar-refractivity contribution in [3.63, 3.8) is 0 Å². The Morgan fingerprint density at radius 2 is 1.94 bits per heavy atom. The van der Waals surface area contributed by atoms with Crippen molar-refractivity contribution in [2.24, 2.45) is 5.73 Å². The van der Waals surface area contributed by atoms with E-state index >= 15 is 0 Å². The van der Waals surface area contributed by atoms with Crippen molar-refractivity contribution in [3.05, 3.63) is 42.2 Å². The molecule has 0 fully saturated rings.